The number of nitrogens with one attached hydrogen (secondary N) is 1. The van der Waals surface area contributed by atoms with Crippen LogP contribution < -0.4 is 10.1 Å². The molecular weight excluding hydrogens is 449 g/mol. The summed E-state index contributed by atoms with van der Waals surface area (Å²) in [6.45, 7) is 2.12. The molecule has 8 nitrogen and oxygen atoms in total. The van der Waals surface area contributed by atoms with Crippen molar-refractivity contribution < 1.29 is 42.5 Å². The molecule has 1 amide bonds. The van der Waals surface area contributed by atoms with Gasteiger partial charge in [0.2, 0.25) is 0 Å². The maximum absolute atomic E-state index is 11.9. The van der Waals surface area contributed by atoms with E-state index >= 15 is 0 Å². The Balaban J connectivity index is 0.00000103. The van der Waals surface area contributed by atoms with Crippen molar-refractivity contribution in [3.8, 4) is 11.8 Å². The second-order valence-electron chi connectivity index (χ2n) is 5.28. The van der Waals surface area contributed by atoms with Gasteiger partial charge in [-0.25, -0.2) is 4.79 Å². The highest BCUT2D eigenvalue weighted by Gasteiger charge is 2.38. The van der Waals surface area contributed by atoms with E-state index in [1.54, 1.807) is 31.2 Å². The number of hydrogen-bond acceptors (Lipinski definition) is 7. The van der Waals surface area contributed by atoms with Crippen molar-refractivity contribution in [2.24, 2.45) is 0 Å². The molecule has 0 aromatic heterocycles. The molecule has 13 heteroatoms. The highest BCUT2D eigenvalue weighted by Crippen LogP contribution is 2.21. The van der Waals surface area contributed by atoms with Gasteiger partial charge in [0.1, 0.15) is 5.75 Å². The van der Waals surface area contributed by atoms with E-state index in [1.807, 2.05) is 6.07 Å². The zero-order valence-corrected chi connectivity index (χ0v) is 17.3. The maximum atomic E-state index is 11.9. The van der Waals surface area contributed by atoms with Gasteiger partial charge in [-0.05, 0) is 25.1 Å². The first-order chi connectivity index (χ1) is 14.0. The monoisotopic (exact) mass is 468 g/mol. The molecule has 0 bridgehead atoms. The molecule has 0 spiro atoms. The van der Waals surface area contributed by atoms with Gasteiger partial charge in [0.05, 0.1) is 18.1 Å². The Morgan fingerprint density at radius 1 is 1.23 bits per heavy atom. The molecule has 0 radical (unpaired) electrons. The molecule has 0 aliphatic rings. The van der Waals surface area contributed by atoms with E-state index in [2.05, 4.69) is 5.32 Å². The number of ether oxygens (including phenoxy) is 1. The fourth-order valence-corrected chi connectivity index (χ4v) is 3.39. The average molecular weight is 468 g/mol. The Morgan fingerprint density at radius 2 is 1.83 bits per heavy atom. The maximum Gasteiger partial charge on any atom is 0.490 e. The molecule has 1 unspecified atom stereocenters. The van der Waals surface area contributed by atoms with Crippen molar-refractivity contribution in [2.75, 3.05) is 18.1 Å². The Bertz CT molecular complexity index is 756. The minimum Gasteiger partial charge on any atom is -0.481 e. The van der Waals surface area contributed by atoms with Crippen LogP contribution in [0.1, 0.15) is 18.9 Å². The zero-order valence-electron chi connectivity index (χ0n) is 15.6. The number of nitriles is 1. The third-order valence-electron chi connectivity index (χ3n) is 2.85. The lowest BCUT2D eigenvalue weighted by Crippen LogP contribution is -2.37. The molecule has 1 rings (SSSR count). The minimum atomic E-state index is -5.08. The summed E-state index contributed by atoms with van der Waals surface area (Å²) < 4.78 is 37.2. The van der Waals surface area contributed by atoms with Gasteiger partial charge in [0.15, 0.2) is 6.10 Å². The van der Waals surface area contributed by atoms with Crippen molar-refractivity contribution in [2.45, 2.75) is 25.6 Å². The van der Waals surface area contributed by atoms with Crippen molar-refractivity contribution in [3.05, 3.63) is 29.8 Å². The molecule has 0 aliphatic carbocycles. The highest BCUT2D eigenvalue weighted by molar-refractivity contribution is 8.76. The number of carbonyl (C=O) groups excluding carboxylic acids is 1. The van der Waals surface area contributed by atoms with Crippen LogP contribution in [0.4, 0.5) is 13.2 Å². The highest BCUT2D eigenvalue weighted by atomic mass is 33.1. The molecule has 0 saturated heterocycles. The average Bonchev–Trinajstić information content (AvgIpc) is 2.66. The van der Waals surface area contributed by atoms with E-state index in [4.69, 9.17) is 25.0 Å². The van der Waals surface area contributed by atoms with E-state index in [9.17, 15) is 22.8 Å². The second-order valence-corrected chi connectivity index (χ2v) is 7.98. The quantitative estimate of drug-likeness (QED) is 0.350. The Labute approximate surface area is 178 Å². The molecular formula is C17H19F3N2O6S2. The number of carboxylic acid groups (broad SMARTS) is 2. The van der Waals surface area contributed by atoms with Gasteiger partial charge in [-0.1, -0.05) is 27.7 Å². The first kappa shape index (κ1) is 27.4. The lowest BCUT2D eigenvalue weighted by atomic mass is 10.2. The van der Waals surface area contributed by atoms with Crippen LogP contribution in [0.15, 0.2) is 24.3 Å². The summed E-state index contributed by atoms with van der Waals surface area (Å²) in [7, 11) is 2.99. The van der Waals surface area contributed by atoms with Crippen LogP contribution in [0.2, 0.25) is 0 Å². The standard InChI is InChI=1S/C15H18N2O4S2.C2HF3O2/c1-11(21-13-4-2-3-12(9-13)10-16)15(20)17-6-8-23-22-7-5-14(18)19;3-2(4,5)1(6)7/h2-4,9,11H,5-8H2,1H3,(H,17,20)(H,18,19);(H,6,7). The number of amides is 1. The number of hydrogen-bond donors (Lipinski definition) is 3. The fourth-order valence-electron chi connectivity index (χ4n) is 1.50. The second kappa shape index (κ2) is 14.4. The summed E-state index contributed by atoms with van der Waals surface area (Å²) in [5.41, 5.74) is 0.477. The summed E-state index contributed by atoms with van der Waals surface area (Å²) in [6, 6.07) is 8.65. The minimum absolute atomic E-state index is 0.136. The lowest BCUT2D eigenvalue weighted by Gasteiger charge is -2.14. The largest absolute Gasteiger partial charge is 0.490 e. The Hall–Kier alpha value is -2.59. The Morgan fingerprint density at radius 3 is 2.37 bits per heavy atom. The molecule has 0 fully saturated rings. The number of aliphatic carboxylic acids is 2. The number of benzene rings is 1. The van der Waals surface area contributed by atoms with Crippen LogP contribution in [0, 0.1) is 11.3 Å². The number of alkyl halides is 3. The molecule has 1 atom stereocenters. The van der Waals surface area contributed by atoms with Crippen molar-refractivity contribution >= 4 is 39.4 Å². The molecule has 0 aliphatic heterocycles. The van der Waals surface area contributed by atoms with Crippen LogP contribution >= 0.6 is 21.6 Å². The van der Waals surface area contributed by atoms with Gasteiger partial charge in [0, 0.05) is 18.1 Å². The molecule has 30 heavy (non-hydrogen) atoms. The molecule has 166 valence electrons. The molecule has 1 aromatic carbocycles. The van der Waals surface area contributed by atoms with Gasteiger partial charge in [-0.2, -0.15) is 18.4 Å². The summed E-state index contributed by atoms with van der Waals surface area (Å²) in [6.07, 6.45) is -5.61. The smallest absolute Gasteiger partial charge is 0.481 e. The lowest BCUT2D eigenvalue weighted by molar-refractivity contribution is -0.192. The van der Waals surface area contributed by atoms with Crippen molar-refractivity contribution in [1.29, 1.82) is 5.26 Å². The first-order valence-corrected chi connectivity index (χ1v) is 10.7. The van der Waals surface area contributed by atoms with Crippen LogP contribution in [-0.4, -0.2) is 58.4 Å². The number of rotatable bonds is 10. The van der Waals surface area contributed by atoms with Crippen molar-refractivity contribution in [3.63, 3.8) is 0 Å². The number of nitrogens with zero attached hydrogens (tertiary/aromatic N) is 1. The van der Waals surface area contributed by atoms with Crippen LogP contribution in [0.5, 0.6) is 5.75 Å². The van der Waals surface area contributed by atoms with E-state index < -0.39 is 24.2 Å². The molecule has 3 N–H and O–H groups in total. The fraction of sp³-hybridized carbons (Fsp3) is 0.412. The first-order valence-electron chi connectivity index (χ1n) is 8.18. The third-order valence-corrected chi connectivity index (χ3v) is 5.26. The number of halogens is 3. The van der Waals surface area contributed by atoms with Crippen LogP contribution in [0.25, 0.3) is 0 Å². The normalized spacial score (nSPS) is 11.3. The number of carboxylic acids is 2. The predicted molar refractivity (Wildman–Crippen MR) is 105 cm³/mol. The number of carbonyl (C=O) groups is 3. The van der Waals surface area contributed by atoms with Gasteiger partial charge in [0.25, 0.3) is 5.91 Å². The Kier molecular flexibility index (Phi) is 13.2. The summed E-state index contributed by atoms with van der Waals surface area (Å²) >= 11 is 0. The van der Waals surface area contributed by atoms with Gasteiger partial charge in [-0.15, -0.1) is 0 Å². The van der Waals surface area contributed by atoms with Crippen LogP contribution in [0.3, 0.4) is 0 Å². The predicted octanol–water partition coefficient (Wildman–Crippen LogP) is 2.93. The molecule has 0 heterocycles. The SMILES string of the molecule is CC(Oc1cccc(C#N)c1)C(=O)NCCSSCCC(=O)O.O=C(O)C(F)(F)F. The third kappa shape index (κ3) is 13.6. The van der Waals surface area contributed by atoms with Gasteiger partial charge >= 0.3 is 18.1 Å². The van der Waals surface area contributed by atoms with Gasteiger partial charge in [-0.3, -0.25) is 9.59 Å². The van der Waals surface area contributed by atoms with E-state index in [1.165, 1.54) is 21.6 Å². The summed E-state index contributed by atoms with van der Waals surface area (Å²) in [5, 5.41) is 27.2. The van der Waals surface area contributed by atoms with E-state index in [0.717, 1.165) is 0 Å². The van der Waals surface area contributed by atoms with Crippen LogP contribution in [-0.2, 0) is 14.4 Å². The summed E-state index contributed by atoms with van der Waals surface area (Å²) in [5.74, 6) is -2.09. The topological polar surface area (TPSA) is 137 Å². The van der Waals surface area contributed by atoms with Gasteiger partial charge < -0.3 is 20.3 Å². The van der Waals surface area contributed by atoms with E-state index in [0.29, 0.717) is 29.4 Å². The molecule has 1 aromatic rings. The van der Waals surface area contributed by atoms with E-state index in [-0.39, 0.29) is 12.3 Å². The van der Waals surface area contributed by atoms with Crippen molar-refractivity contribution in [1.82, 2.24) is 5.32 Å². The zero-order chi connectivity index (χ0) is 23.2. The molecule has 0 saturated carbocycles. The summed E-state index contributed by atoms with van der Waals surface area (Å²) in [4.78, 5) is 31.1.